The van der Waals surface area contributed by atoms with Gasteiger partial charge in [-0.05, 0) is 11.6 Å². The van der Waals surface area contributed by atoms with Crippen LogP contribution in [0.3, 0.4) is 0 Å². The maximum absolute atomic E-state index is 12.5. The summed E-state index contributed by atoms with van der Waals surface area (Å²) < 4.78 is 0. The molecule has 0 fully saturated rings. The number of nitrogens with zero attached hydrogens (tertiary/aromatic N) is 2. The van der Waals surface area contributed by atoms with Crippen LogP contribution in [-0.4, -0.2) is 21.8 Å². The van der Waals surface area contributed by atoms with E-state index in [0.29, 0.717) is 22.4 Å². The van der Waals surface area contributed by atoms with Crippen LogP contribution in [0.1, 0.15) is 18.2 Å². The number of carbonyl (C=O) groups is 2. The van der Waals surface area contributed by atoms with Gasteiger partial charge < -0.3 is 10.6 Å². The number of thiazole rings is 2. The van der Waals surface area contributed by atoms with Gasteiger partial charge in [-0.2, -0.15) is 0 Å². The van der Waals surface area contributed by atoms with Crippen molar-refractivity contribution in [3.63, 3.8) is 0 Å². The molecule has 4 aromatic rings. The zero-order valence-corrected chi connectivity index (χ0v) is 19.5. The van der Waals surface area contributed by atoms with Gasteiger partial charge in [-0.1, -0.05) is 54.1 Å². The Hall–Kier alpha value is -3.07. The number of aromatic nitrogens is 2. The minimum atomic E-state index is -0.174. The summed E-state index contributed by atoms with van der Waals surface area (Å²) in [6, 6.07) is 15.3. The van der Waals surface area contributed by atoms with Crippen molar-refractivity contribution in [2.75, 3.05) is 5.32 Å². The zero-order valence-electron chi connectivity index (χ0n) is 17.1. The molecule has 2 aromatic carbocycles. The number of anilines is 1. The highest BCUT2D eigenvalue weighted by Crippen LogP contribution is 2.30. The fourth-order valence-corrected chi connectivity index (χ4v) is 4.83. The van der Waals surface area contributed by atoms with Crippen molar-refractivity contribution in [1.29, 1.82) is 0 Å². The molecule has 0 atom stereocenters. The molecule has 2 amide bonds. The fraction of sp³-hybridized carbons (Fsp3) is 0.130. The number of carbonyl (C=O) groups excluding carboxylic acids is 2. The Bertz CT molecular complexity index is 1250. The molecule has 32 heavy (non-hydrogen) atoms. The number of rotatable bonds is 7. The van der Waals surface area contributed by atoms with E-state index in [4.69, 9.17) is 11.6 Å². The average molecular weight is 483 g/mol. The number of benzene rings is 2. The highest BCUT2D eigenvalue weighted by atomic mass is 35.5. The molecule has 2 aromatic heterocycles. The standard InChI is InChI=1S/C23H19ClN4O2S2/c1-14(29)25-11-15-6-8-16(9-7-15)20-13-32-23(27-20)28-21(30)10-17-12-31-22(26-17)18-4-2-3-5-19(18)24/h2-9,12-13H,10-11H2,1H3,(H,25,29)(H,27,28,30). The monoisotopic (exact) mass is 482 g/mol. The van der Waals surface area contributed by atoms with Crippen LogP contribution in [0.5, 0.6) is 0 Å². The predicted molar refractivity (Wildman–Crippen MR) is 130 cm³/mol. The first kappa shape index (κ1) is 22.1. The molecule has 4 rings (SSSR count). The number of amides is 2. The lowest BCUT2D eigenvalue weighted by molar-refractivity contribution is -0.119. The van der Waals surface area contributed by atoms with Gasteiger partial charge in [0.15, 0.2) is 5.13 Å². The number of halogens is 1. The lowest BCUT2D eigenvalue weighted by Gasteiger charge is -2.03. The second kappa shape index (κ2) is 10.0. The van der Waals surface area contributed by atoms with E-state index in [-0.39, 0.29) is 18.2 Å². The van der Waals surface area contributed by atoms with E-state index >= 15 is 0 Å². The maximum atomic E-state index is 12.5. The lowest BCUT2D eigenvalue weighted by Crippen LogP contribution is -2.18. The van der Waals surface area contributed by atoms with E-state index < -0.39 is 0 Å². The molecular formula is C23H19ClN4O2S2. The third-order valence-electron chi connectivity index (χ3n) is 4.54. The summed E-state index contributed by atoms with van der Waals surface area (Å²) in [5, 5.41) is 11.3. The topological polar surface area (TPSA) is 84.0 Å². The van der Waals surface area contributed by atoms with Crippen LogP contribution < -0.4 is 10.6 Å². The van der Waals surface area contributed by atoms with E-state index in [1.165, 1.54) is 29.6 Å². The molecule has 9 heteroatoms. The van der Waals surface area contributed by atoms with Crippen LogP contribution in [0, 0.1) is 0 Å². The number of nitrogens with one attached hydrogen (secondary N) is 2. The summed E-state index contributed by atoms with van der Waals surface area (Å²) in [7, 11) is 0. The van der Waals surface area contributed by atoms with E-state index in [9.17, 15) is 9.59 Å². The normalized spacial score (nSPS) is 10.7. The Labute approximate surface area is 198 Å². The first-order valence-electron chi connectivity index (χ1n) is 9.76. The first-order chi connectivity index (χ1) is 15.5. The summed E-state index contributed by atoms with van der Waals surface area (Å²) in [4.78, 5) is 32.6. The quantitative estimate of drug-likeness (QED) is 0.369. The van der Waals surface area contributed by atoms with Gasteiger partial charge in [0, 0.05) is 35.4 Å². The summed E-state index contributed by atoms with van der Waals surface area (Å²) in [6.45, 7) is 1.98. The summed E-state index contributed by atoms with van der Waals surface area (Å²) >= 11 is 9.07. The third kappa shape index (κ3) is 5.59. The molecule has 0 aliphatic heterocycles. The molecule has 2 N–H and O–H groups in total. The van der Waals surface area contributed by atoms with Gasteiger partial charge in [-0.3, -0.25) is 9.59 Å². The summed E-state index contributed by atoms with van der Waals surface area (Å²) in [6.07, 6.45) is 0.160. The molecule has 162 valence electrons. The lowest BCUT2D eigenvalue weighted by atomic mass is 10.1. The highest BCUT2D eigenvalue weighted by Gasteiger charge is 2.13. The van der Waals surface area contributed by atoms with Gasteiger partial charge >= 0.3 is 0 Å². The van der Waals surface area contributed by atoms with Gasteiger partial charge in [0.05, 0.1) is 22.8 Å². The fourth-order valence-electron chi connectivity index (χ4n) is 2.96. The van der Waals surface area contributed by atoms with Crippen LogP contribution >= 0.6 is 34.3 Å². The average Bonchev–Trinajstić information content (AvgIpc) is 3.43. The van der Waals surface area contributed by atoms with Crippen molar-refractivity contribution in [2.24, 2.45) is 0 Å². The van der Waals surface area contributed by atoms with Crippen LogP contribution in [0.25, 0.3) is 21.8 Å². The maximum Gasteiger partial charge on any atom is 0.232 e. The second-order valence-electron chi connectivity index (χ2n) is 6.99. The zero-order chi connectivity index (χ0) is 22.5. The molecule has 0 saturated heterocycles. The van der Waals surface area contributed by atoms with Crippen LogP contribution in [0.15, 0.2) is 59.3 Å². The summed E-state index contributed by atoms with van der Waals surface area (Å²) in [5.41, 5.74) is 4.28. The molecule has 0 spiro atoms. The Morgan fingerprint density at radius 3 is 2.53 bits per heavy atom. The third-order valence-corrected chi connectivity index (χ3v) is 6.55. The molecule has 0 bridgehead atoms. The Balaban J connectivity index is 1.36. The van der Waals surface area contributed by atoms with Crippen LogP contribution in [-0.2, 0) is 22.6 Å². The van der Waals surface area contributed by atoms with E-state index in [0.717, 1.165) is 27.4 Å². The Morgan fingerprint density at radius 2 is 1.78 bits per heavy atom. The minimum absolute atomic E-state index is 0.0632. The predicted octanol–water partition coefficient (Wildman–Crippen LogP) is 5.40. The van der Waals surface area contributed by atoms with Crippen molar-refractivity contribution in [1.82, 2.24) is 15.3 Å². The van der Waals surface area contributed by atoms with E-state index in [1.54, 1.807) is 0 Å². The summed E-state index contributed by atoms with van der Waals surface area (Å²) in [5.74, 6) is -0.237. The second-order valence-corrected chi connectivity index (χ2v) is 9.12. The smallest absolute Gasteiger partial charge is 0.232 e. The highest BCUT2D eigenvalue weighted by molar-refractivity contribution is 7.14. The van der Waals surface area contributed by atoms with Crippen LogP contribution in [0.2, 0.25) is 5.02 Å². The van der Waals surface area contributed by atoms with E-state index in [1.807, 2.05) is 59.3 Å². The Morgan fingerprint density at radius 1 is 1.00 bits per heavy atom. The number of hydrogen-bond acceptors (Lipinski definition) is 6. The molecule has 2 heterocycles. The molecule has 0 unspecified atom stereocenters. The van der Waals surface area contributed by atoms with Gasteiger partial charge in [-0.15, -0.1) is 22.7 Å². The SMILES string of the molecule is CC(=O)NCc1ccc(-c2csc(NC(=O)Cc3csc(-c4ccccc4Cl)n3)n2)cc1. The molecule has 6 nitrogen and oxygen atoms in total. The first-order valence-corrected chi connectivity index (χ1v) is 11.9. The molecule has 0 aliphatic carbocycles. The van der Waals surface area contributed by atoms with Gasteiger partial charge in [0.1, 0.15) is 5.01 Å². The minimum Gasteiger partial charge on any atom is -0.352 e. The molecule has 0 radical (unpaired) electrons. The number of hydrogen-bond donors (Lipinski definition) is 2. The van der Waals surface area contributed by atoms with Crippen LogP contribution in [0.4, 0.5) is 5.13 Å². The van der Waals surface area contributed by atoms with Gasteiger partial charge in [-0.25, -0.2) is 9.97 Å². The van der Waals surface area contributed by atoms with Gasteiger partial charge in [0.2, 0.25) is 11.8 Å². The van der Waals surface area contributed by atoms with Crippen molar-refractivity contribution in [3.05, 3.63) is 75.6 Å². The van der Waals surface area contributed by atoms with Crippen molar-refractivity contribution < 1.29 is 9.59 Å². The van der Waals surface area contributed by atoms with Crippen molar-refractivity contribution in [2.45, 2.75) is 19.9 Å². The molecular weight excluding hydrogens is 464 g/mol. The van der Waals surface area contributed by atoms with Crippen molar-refractivity contribution in [3.8, 4) is 21.8 Å². The largest absolute Gasteiger partial charge is 0.352 e. The Kier molecular flexibility index (Phi) is 6.94. The van der Waals surface area contributed by atoms with Crippen molar-refractivity contribution >= 4 is 51.2 Å². The van der Waals surface area contributed by atoms with Gasteiger partial charge in [0.25, 0.3) is 0 Å². The van der Waals surface area contributed by atoms with E-state index in [2.05, 4.69) is 20.6 Å². The molecule has 0 saturated carbocycles. The molecule has 0 aliphatic rings.